The molecule has 3 N–H and O–H groups in total. The second-order valence-corrected chi connectivity index (χ2v) is 3.37. The van der Waals surface area contributed by atoms with Crippen molar-refractivity contribution in [3.05, 3.63) is 0 Å². The standard InChI is InChI=1S/C8H15NO4/c1-4-3-6(11)7(8(12)13-4)9-5(2)10/h4,6-8,11-12H,3H2,1-2H3,(H,9,10)/t4?,6?,7?,8-/m1/s1. The van der Waals surface area contributed by atoms with Crippen LogP contribution < -0.4 is 5.32 Å². The number of aliphatic hydroxyl groups excluding tert-OH is 2. The molecule has 0 aromatic heterocycles. The predicted octanol–water partition coefficient (Wildman–Crippen LogP) is -1.02. The normalized spacial score (nSPS) is 40.0. The summed E-state index contributed by atoms with van der Waals surface area (Å²) in [7, 11) is 0. The minimum Gasteiger partial charge on any atom is -0.391 e. The van der Waals surface area contributed by atoms with E-state index >= 15 is 0 Å². The second kappa shape index (κ2) is 4.04. The number of hydrogen-bond acceptors (Lipinski definition) is 4. The fourth-order valence-electron chi connectivity index (χ4n) is 1.46. The molecule has 1 rings (SSSR count). The SMILES string of the molecule is CC(=O)NC1C(O)CC(C)O[C@H]1O. The monoisotopic (exact) mass is 189 g/mol. The predicted molar refractivity (Wildman–Crippen MR) is 44.8 cm³/mol. The molecule has 1 fully saturated rings. The Kier molecular flexibility index (Phi) is 3.24. The van der Waals surface area contributed by atoms with Gasteiger partial charge < -0.3 is 20.3 Å². The zero-order valence-electron chi connectivity index (χ0n) is 7.73. The highest BCUT2D eigenvalue weighted by Crippen LogP contribution is 2.18. The van der Waals surface area contributed by atoms with Crippen molar-refractivity contribution in [2.45, 2.75) is 44.8 Å². The van der Waals surface area contributed by atoms with Gasteiger partial charge in [-0.25, -0.2) is 0 Å². The van der Waals surface area contributed by atoms with E-state index in [2.05, 4.69) is 5.32 Å². The van der Waals surface area contributed by atoms with Crippen molar-refractivity contribution in [3.8, 4) is 0 Å². The molecule has 1 heterocycles. The number of rotatable bonds is 1. The summed E-state index contributed by atoms with van der Waals surface area (Å²) in [6, 6.07) is -0.714. The number of nitrogens with one attached hydrogen (secondary N) is 1. The number of aliphatic hydroxyl groups is 2. The van der Waals surface area contributed by atoms with Crippen LogP contribution in [0.1, 0.15) is 20.3 Å². The largest absolute Gasteiger partial charge is 0.391 e. The van der Waals surface area contributed by atoms with E-state index in [0.29, 0.717) is 6.42 Å². The first-order chi connectivity index (χ1) is 6.00. The highest BCUT2D eigenvalue weighted by molar-refractivity contribution is 5.73. The molecule has 0 aromatic carbocycles. The summed E-state index contributed by atoms with van der Waals surface area (Å²) >= 11 is 0. The Labute approximate surface area is 76.7 Å². The summed E-state index contributed by atoms with van der Waals surface area (Å²) in [4.78, 5) is 10.7. The summed E-state index contributed by atoms with van der Waals surface area (Å²) < 4.78 is 5.05. The Morgan fingerprint density at radius 3 is 2.62 bits per heavy atom. The van der Waals surface area contributed by atoms with Gasteiger partial charge >= 0.3 is 0 Å². The molecule has 4 atom stereocenters. The van der Waals surface area contributed by atoms with Crippen LogP contribution in [0.4, 0.5) is 0 Å². The lowest BCUT2D eigenvalue weighted by Crippen LogP contribution is -2.56. The average molecular weight is 189 g/mol. The molecular weight excluding hydrogens is 174 g/mol. The van der Waals surface area contributed by atoms with E-state index in [4.69, 9.17) is 4.74 Å². The molecule has 1 aliphatic rings. The van der Waals surface area contributed by atoms with E-state index in [1.54, 1.807) is 6.92 Å². The Morgan fingerprint density at radius 1 is 1.54 bits per heavy atom. The van der Waals surface area contributed by atoms with E-state index in [1.807, 2.05) is 0 Å². The Morgan fingerprint density at radius 2 is 2.15 bits per heavy atom. The molecule has 3 unspecified atom stereocenters. The van der Waals surface area contributed by atoms with E-state index in [1.165, 1.54) is 6.92 Å². The van der Waals surface area contributed by atoms with E-state index < -0.39 is 18.4 Å². The van der Waals surface area contributed by atoms with Gasteiger partial charge in [0, 0.05) is 13.3 Å². The number of hydrogen-bond donors (Lipinski definition) is 3. The molecule has 5 nitrogen and oxygen atoms in total. The molecule has 0 bridgehead atoms. The maximum atomic E-state index is 10.7. The van der Waals surface area contributed by atoms with E-state index in [9.17, 15) is 15.0 Å². The number of ether oxygens (including phenoxy) is 1. The summed E-state index contributed by atoms with van der Waals surface area (Å²) in [6.07, 6.45) is -1.64. The first kappa shape index (κ1) is 10.4. The maximum Gasteiger partial charge on any atom is 0.217 e. The summed E-state index contributed by atoms with van der Waals surface area (Å²) in [5, 5.41) is 21.3. The van der Waals surface area contributed by atoms with Crippen LogP contribution in [0.25, 0.3) is 0 Å². The molecule has 0 spiro atoms. The van der Waals surface area contributed by atoms with Crippen LogP contribution in [0.5, 0.6) is 0 Å². The van der Waals surface area contributed by atoms with Crippen molar-refractivity contribution in [2.24, 2.45) is 0 Å². The summed E-state index contributed by atoms with van der Waals surface area (Å²) in [6.45, 7) is 3.09. The van der Waals surface area contributed by atoms with Gasteiger partial charge in [-0.1, -0.05) is 0 Å². The minimum absolute atomic E-state index is 0.185. The van der Waals surface area contributed by atoms with Crippen molar-refractivity contribution >= 4 is 5.91 Å². The quantitative estimate of drug-likeness (QED) is 0.493. The first-order valence-electron chi connectivity index (χ1n) is 4.29. The zero-order chi connectivity index (χ0) is 10.0. The van der Waals surface area contributed by atoms with Gasteiger partial charge in [0.15, 0.2) is 6.29 Å². The van der Waals surface area contributed by atoms with Crippen LogP contribution >= 0.6 is 0 Å². The molecule has 5 heteroatoms. The van der Waals surface area contributed by atoms with Crippen molar-refractivity contribution < 1.29 is 19.7 Å². The fourth-order valence-corrected chi connectivity index (χ4v) is 1.46. The average Bonchev–Trinajstić information content (AvgIpc) is 1.96. The van der Waals surface area contributed by atoms with Gasteiger partial charge in [0.2, 0.25) is 5.91 Å². The smallest absolute Gasteiger partial charge is 0.217 e. The van der Waals surface area contributed by atoms with Crippen molar-refractivity contribution in [1.82, 2.24) is 5.32 Å². The van der Waals surface area contributed by atoms with Crippen LogP contribution in [-0.2, 0) is 9.53 Å². The third-order valence-electron chi connectivity index (χ3n) is 2.04. The van der Waals surface area contributed by atoms with Crippen molar-refractivity contribution in [3.63, 3.8) is 0 Å². The number of amides is 1. The van der Waals surface area contributed by atoms with Crippen LogP contribution in [0.3, 0.4) is 0 Å². The van der Waals surface area contributed by atoms with Crippen LogP contribution in [-0.4, -0.2) is 40.7 Å². The lowest BCUT2D eigenvalue weighted by Gasteiger charge is -2.35. The summed E-state index contributed by atoms with van der Waals surface area (Å²) in [5.41, 5.74) is 0. The minimum atomic E-state index is -1.12. The van der Waals surface area contributed by atoms with E-state index in [-0.39, 0.29) is 12.0 Å². The molecule has 0 radical (unpaired) electrons. The lowest BCUT2D eigenvalue weighted by molar-refractivity contribution is -0.202. The molecular formula is C8H15NO4. The van der Waals surface area contributed by atoms with Gasteiger partial charge in [0.05, 0.1) is 12.2 Å². The topological polar surface area (TPSA) is 78.8 Å². The number of carbonyl (C=O) groups is 1. The molecule has 13 heavy (non-hydrogen) atoms. The van der Waals surface area contributed by atoms with Crippen LogP contribution in [0.15, 0.2) is 0 Å². The Bertz CT molecular complexity index is 185. The molecule has 1 amide bonds. The lowest BCUT2D eigenvalue weighted by atomic mass is 10.0. The maximum absolute atomic E-state index is 10.7. The molecule has 1 aliphatic heterocycles. The van der Waals surface area contributed by atoms with Gasteiger partial charge in [0.1, 0.15) is 6.04 Å². The van der Waals surface area contributed by atoms with Gasteiger partial charge in [-0.15, -0.1) is 0 Å². The second-order valence-electron chi connectivity index (χ2n) is 3.37. The first-order valence-corrected chi connectivity index (χ1v) is 4.29. The van der Waals surface area contributed by atoms with Gasteiger partial charge in [-0.3, -0.25) is 4.79 Å². The molecule has 76 valence electrons. The van der Waals surface area contributed by atoms with Crippen molar-refractivity contribution in [1.29, 1.82) is 0 Å². The molecule has 1 saturated heterocycles. The van der Waals surface area contributed by atoms with Crippen molar-refractivity contribution in [2.75, 3.05) is 0 Å². The van der Waals surface area contributed by atoms with Crippen LogP contribution in [0.2, 0.25) is 0 Å². The Balaban J connectivity index is 2.56. The van der Waals surface area contributed by atoms with Gasteiger partial charge in [0.25, 0.3) is 0 Å². The third-order valence-corrected chi connectivity index (χ3v) is 2.04. The van der Waals surface area contributed by atoms with Gasteiger partial charge in [-0.2, -0.15) is 0 Å². The number of carbonyl (C=O) groups excluding carboxylic acids is 1. The highest BCUT2D eigenvalue weighted by atomic mass is 16.6. The highest BCUT2D eigenvalue weighted by Gasteiger charge is 2.35. The van der Waals surface area contributed by atoms with Crippen LogP contribution in [0, 0.1) is 0 Å². The molecule has 0 aliphatic carbocycles. The Hall–Kier alpha value is -0.650. The summed E-state index contributed by atoms with van der Waals surface area (Å²) in [5.74, 6) is -0.291. The van der Waals surface area contributed by atoms with Gasteiger partial charge in [-0.05, 0) is 6.92 Å². The zero-order valence-corrected chi connectivity index (χ0v) is 7.73. The molecule has 0 aromatic rings. The molecule has 0 saturated carbocycles. The van der Waals surface area contributed by atoms with E-state index in [0.717, 1.165) is 0 Å². The third kappa shape index (κ3) is 2.65. The fraction of sp³-hybridized carbons (Fsp3) is 0.875.